The van der Waals surface area contributed by atoms with Crippen molar-refractivity contribution in [3.63, 3.8) is 0 Å². The molecule has 1 aliphatic heterocycles. The van der Waals surface area contributed by atoms with E-state index in [0.717, 1.165) is 40.1 Å². The number of hydrogen-bond donors (Lipinski definition) is 1. The van der Waals surface area contributed by atoms with Crippen molar-refractivity contribution in [1.29, 1.82) is 0 Å². The number of hydrogen-bond acceptors (Lipinski definition) is 6. The van der Waals surface area contributed by atoms with Crippen molar-refractivity contribution in [3.8, 4) is 0 Å². The van der Waals surface area contributed by atoms with Crippen LogP contribution in [0.25, 0.3) is 10.8 Å². The molecule has 3 aromatic rings. The molecule has 1 saturated heterocycles. The predicted octanol–water partition coefficient (Wildman–Crippen LogP) is 6.10. The Bertz CT molecular complexity index is 1140. The largest absolute Gasteiger partial charge is 0.359 e. The molecule has 0 radical (unpaired) electrons. The second kappa shape index (κ2) is 12.6. The molecule has 1 fully saturated rings. The smallest absolute Gasteiger partial charge is 0.255 e. The summed E-state index contributed by atoms with van der Waals surface area (Å²) in [6, 6.07) is 15.3. The van der Waals surface area contributed by atoms with Crippen molar-refractivity contribution in [3.05, 3.63) is 90.9 Å². The average Bonchev–Trinajstić information content (AvgIpc) is 2.88. The lowest BCUT2D eigenvalue weighted by Crippen LogP contribution is -2.25. The van der Waals surface area contributed by atoms with E-state index in [9.17, 15) is 4.79 Å². The predicted molar refractivity (Wildman–Crippen MR) is 140 cm³/mol. The number of fused-ring (bicyclic) bond motifs is 1. The molecule has 4 rings (SSSR count). The molecule has 6 nitrogen and oxygen atoms in total. The fourth-order valence-electron chi connectivity index (χ4n) is 2.93. The Kier molecular flexibility index (Phi) is 9.23. The Morgan fingerprint density at radius 3 is 2.73 bits per heavy atom. The van der Waals surface area contributed by atoms with Crippen molar-refractivity contribution in [2.45, 2.75) is 13.8 Å². The number of carbonyl (C=O) groups excluding carboxylic acids is 1. The fraction of sp³-hybridized carbons (Fsp3) is 0.192. The minimum Gasteiger partial charge on any atom is -0.359 e. The van der Waals surface area contributed by atoms with Crippen LogP contribution in [0.4, 0.5) is 11.4 Å². The Morgan fingerprint density at radius 2 is 2.03 bits per heavy atom. The normalized spacial score (nSPS) is 14.0. The van der Waals surface area contributed by atoms with Crippen molar-refractivity contribution in [2.75, 3.05) is 28.7 Å². The van der Waals surface area contributed by atoms with E-state index in [0.29, 0.717) is 12.3 Å². The van der Waals surface area contributed by atoms with Gasteiger partial charge in [-0.2, -0.15) is 0 Å². The molecule has 0 saturated carbocycles. The van der Waals surface area contributed by atoms with Crippen LogP contribution >= 0.6 is 11.9 Å². The molecule has 170 valence electrons. The molecule has 2 aromatic carbocycles. The van der Waals surface area contributed by atoms with Gasteiger partial charge < -0.3 is 10.1 Å². The summed E-state index contributed by atoms with van der Waals surface area (Å²) >= 11 is 1.74. The number of anilines is 2. The summed E-state index contributed by atoms with van der Waals surface area (Å²) in [4.78, 5) is 20.4. The summed E-state index contributed by atoms with van der Waals surface area (Å²) in [7, 11) is 0. The molecule has 1 aromatic heterocycles. The van der Waals surface area contributed by atoms with E-state index < -0.39 is 0 Å². The Labute approximate surface area is 199 Å². The lowest BCUT2D eigenvalue weighted by Gasteiger charge is -2.27. The van der Waals surface area contributed by atoms with Gasteiger partial charge in [-0.3, -0.25) is 19.1 Å². The zero-order valence-electron chi connectivity index (χ0n) is 18.9. The topological polar surface area (TPSA) is 66.8 Å². The van der Waals surface area contributed by atoms with Gasteiger partial charge >= 0.3 is 0 Å². The number of benzene rings is 2. The Hall–Kier alpha value is -3.42. The van der Waals surface area contributed by atoms with Gasteiger partial charge in [0.15, 0.2) is 0 Å². The van der Waals surface area contributed by atoms with Gasteiger partial charge in [0.25, 0.3) is 5.91 Å². The van der Waals surface area contributed by atoms with Gasteiger partial charge in [-0.15, -0.1) is 0 Å². The number of nitrogens with zero attached hydrogens (tertiary/aromatic N) is 3. The van der Waals surface area contributed by atoms with Gasteiger partial charge in [-0.05, 0) is 79.2 Å². The fourth-order valence-corrected chi connectivity index (χ4v) is 3.76. The van der Waals surface area contributed by atoms with Crippen molar-refractivity contribution in [1.82, 2.24) is 4.98 Å². The number of pyridine rings is 1. The second-order valence-corrected chi connectivity index (χ2v) is 8.29. The first kappa shape index (κ1) is 24.2. The molecular weight excluding hydrogens is 432 g/mol. The third kappa shape index (κ3) is 7.30. The lowest BCUT2D eigenvalue weighted by molar-refractivity contribution is 0.102. The first-order valence-corrected chi connectivity index (χ1v) is 11.6. The summed E-state index contributed by atoms with van der Waals surface area (Å²) in [6.07, 6.45) is 8.83. The van der Waals surface area contributed by atoms with Crippen LogP contribution in [0.3, 0.4) is 0 Å². The molecule has 0 spiro atoms. The van der Waals surface area contributed by atoms with Crippen LogP contribution < -0.4 is 9.62 Å². The van der Waals surface area contributed by atoms with E-state index in [1.54, 1.807) is 30.6 Å². The van der Waals surface area contributed by atoms with Gasteiger partial charge in [0.2, 0.25) is 0 Å². The van der Waals surface area contributed by atoms with Crippen LogP contribution in [0.2, 0.25) is 0 Å². The summed E-state index contributed by atoms with van der Waals surface area (Å²) in [5.41, 5.74) is 3.58. The number of nitrogens with one attached hydrogen (secondary N) is 1. The maximum atomic E-state index is 12.5. The van der Waals surface area contributed by atoms with Crippen molar-refractivity contribution < 1.29 is 9.53 Å². The Morgan fingerprint density at radius 1 is 1.21 bits per heavy atom. The Balaban J connectivity index is 0.000000331. The van der Waals surface area contributed by atoms with Crippen molar-refractivity contribution in [2.24, 2.45) is 4.99 Å². The van der Waals surface area contributed by atoms with E-state index in [1.807, 2.05) is 68.5 Å². The van der Waals surface area contributed by atoms with Crippen LogP contribution in [-0.4, -0.2) is 36.2 Å². The number of allylic oxidation sites excluding steroid dienone is 2. The molecule has 33 heavy (non-hydrogen) atoms. The standard InChI is InChI=1S/C19H17N3O2S.C7H11N/c23-19(21-17-4-1-14-7-8-20-12-16(14)11-17)15-2-5-18(6-3-15)22-13-24-9-10-25-22;1-4-7(3)6-8-5-2/h1-8,11-12H,9-10,13H2,(H,21,23);4-6H,2H2,1,3H3/b;7-4+,8-6?. The van der Waals surface area contributed by atoms with Crippen LogP contribution in [0.5, 0.6) is 0 Å². The molecule has 0 aliphatic carbocycles. The number of rotatable bonds is 5. The zero-order valence-corrected chi connectivity index (χ0v) is 19.7. The summed E-state index contributed by atoms with van der Waals surface area (Å²) in [5.74, 6) is 0.816. The van der Waals surface area contributed by atoms with Gasteiger partial charge in [-0.1, -0.05) is 18.7 Å². The number of aliphatic imine (C=N–C) groups is 1. The number of ether oxygens (including phenoxy) is 1. The summed E-state index contributed by atoms with van der Waals surface area (Å²) < 4.78 is 7.53. The number of carbonyl (C=O) groups is 1. The van der Waals surface area contributed by atoms with Crippen LogP contribution in [0, 0.1) is 0 Å². The van der Waals surface area contributed by atoms with Gasteiger partial charge in [-0.25, -0.2) is 0 Å². The third-order valence-corrected chi connectivity index (χ3v) is 5.82. The molecule has 7 heteroatoms. The first-order chi connectivity index (χ1) is 16.1. The van der Waals surface area contributed by atoms with E-state index in [4.69, 9.17) is 4.74 Å². The molecule has 0 atom stereocenters. The number of aromatic nitrogens is 1. The van der Waals surface area contributed by atoms with Gasteiger partial charge in [0.1, 0.15) is 6.73 Å². The van der Waals surface area contributed by atoms with E-state index >= 15 is 0 Å². The second-order valence-electron chi connectivity index (χ2n) is 7.18. The molecule has 0 bridgehead atoms. The summed E-state index contributed by atoms with van der Waals surface area (Å²) in [6.45, 7) is 8.76. The highest BCUT2D eigenvalue weighted by Crippen LogP contribution is 2.25. The highest BCUT2D eigenvalue weighted by Gasteiger charge is 2.13. The minimum absolute atomic E-state index is 0.127. The molecule has 1 amide bonds. The molecule has 1 N–H and O–H groups in total. The SMILES string of the molecule is C=CN=C/C(C)=C/C.O=C(Nc1ccc2ccncc2c1)c1ccc(N2COCCS2)cc1. The molecule has 0 unspecified atom stereocenters. The maximum absolute atomic E-state index is 12.5. The quantitative estimate of drug-likeness (QED) is 0.368. The van der Waals surface area contributed by atoms with Gasteiger partial charge in [0, 0.05) is 52.9 Å². The minimum atomic E-state index is -0.127. The molecule has 1 aliphatic rings. The monoisotopic (exact) mass is 460 g/mol. The van der Waals surface area contributed by atoms with E-state index in [2.05, 4.69) is 26.2 Å². The van der Waals surface area contributed by atoms with Crippen LogP contribution in [0.1, 0.15) is 24.2 Å². The summed E-state index contributed by atoms with van der Waals surface area (Å²) in [5, 5.41) is 5.03. The van der Waals surface area contributed by atoms with Gasteiger partial charge in [0.05, 0.1) is 6.61 Å². The maximum Gasteiger partial charge on any atom is 0.255 e. The first-order valence-electron chi connectivity index (χ1n) is 10.6. The van der Waals surface area contributed by atoms with Crippen LogP contribution in [-0.2, 0) is 4.74 Å². The average molecular weight is 461 g/mol. The highest BCUT2D eigenvalue weighted by molar-refractivity contribution is 8.00. The van der Waals surface area contributed by atoms with E-state index in [1.165, 1.54) is 6.20 Å². The third-order valence-electron chi connectivity index (χ3n) is 4.84. The van der Waals surface area contributed by atoms with Crippen LogP contribution in [0.15, 0.2) is 90.3 Å². The van der Waals surface area contributed by atoms with E-state index in [-0.39, 0.29) is 5.91 Å². The lowest BCUT2D eigenvalue weighted by atomic mass is 10.1. The molecular formula is C26H28N4O2S. The molecule has 2 heterocycles. The zero-order chi connectivity index (χ0) is 23.5. The number of amides is 1. The van der Waals surface area contributed by atoms with Crippen molar-refractivity contribution >= 4 is 46.2 Å². The highest BCUT2D eigenvalue weighted by atomic mass is 32.2.